The third-order valence-electron chi connectivity index (χ3n) is 6.05. The summed E-state index contributed by atoms with van der Waals surface area (Å²) in [6.07, 6.45) is 1.68. The zero-order valence-electron chi connectivity index (χ0n) is 17.4. The summed E-state index contributed by atoms with van der Waals surface area (Å²) in [7, 11) is 0. The fourth-order valence-corrected chi connectivity index (χ4v) is 4.47. The van der Waals surface area contributed by atoms with E-state index in [0.717, 1.165) is 28.4 Å². The molecule has 0 atom stereocenters. The van der Waals surface area contributed by atoms with Crippen LogP contribution in [0.1, 0.15) is 35.3 Å². The minimum absolute atomic E-state index is 0.267. The van der Waals surface area contributed by atoms with Crippen molar-refractivity contribution in [1.29, 1.82) is 0 Å². The number of para-hydroxylation sites is 1. The van der Waals surface area contributed by atoms with Gasteiger partial charge in [-0.3, -0.25) is 15.1 Å². The third-order valence-corrected chi connectivity index (χ3v) is 6.05. The molecular formula is C26H23N3O2. The summed E-state index contributed by atoms with van der Waals surface area (Å²) in [6, 6.07) is 26.3. The molecule has 5 nitrogen and oxygen atoms in total. The van der Waals surface area contributed by atoms with Crippen molar-refractivity contribution in [1.82, 2.24) is 5.43 Å². The second-order valence-corrected chi connectivity index (χ2v) is 8.21. The molecule has 1 aromatic heterocycles. The molecule has 0 spiro atoms. The number of nitrogen functional groups attached to an aromatic ring is 1. The van der Waals surface area contributed by atoms with Crippen LogP contribution in [0.3, 0.4) is 0 Å². The van der Waals surface area contributed by atoms with Crippen LogP contribution in [0, 0.1) is 0 Å². The van der Waals surface area contributed by atoms with Crippen molar-refractivity contribution in [3.8, 4) is 11.1 Å². The lowest BCUT2D eigenvalue weighted by Gasteiger charge is -2.26. The number of benzene rings is 3. The Morgan fingerprint density at radius 3 is 2.26 bits per heavy atom. The molecule has 0 saturated heterocycles. The topological polar surface area (TPSA) is 71.5 Å². The lowest BCUT2D eigenvalue weighted by molar-refractivity contribution is 0.0953. The van der Waals surface area contributed by atoms with Gasteiger partial charge in [0.05, 0.1) is 6.26 Å². The highest BCUT2D eigenvalue weighted by molar-refractivity contribution is 5.96. The van der Waals surface area contributed by atoms with Crippen LogP contribution in [-0.4, -0.2) is 5.91 Å². The fraction of sp³-hybridized carbons (Fsp3) is 0.115. The van der Waals surface area contributed by atoms with E-state index >= 15 is 0 Å². The number of hydrogen-bond donors (Lipinski definition) is 2. The molecule has 0 saturated carbocycles. The van der Waals surface area contributed by atoms with E-state index in [4.69, 9.17) is 10.3 Å². The molecule has 4 aromatic rings. The molecule has 0 unspecified atom stereocenters. The standard InChI is InChI=1S/C26H23N3O2/c1-26(2)22-15-17(25(30)28-27)10-12-20(22)21-13-11-19(16-23(21)26)29(24-9-6-14-31-24)18-7-4-3-5-8-18/h3-16H,27H2,1-2H3,(H,28,30). The first kappa shape index (κ1) is 19.2. The maximum atomic E-state index is 12.1. The van der Waals surface area contributed by atoms with Gasteiger partial charge in [-0.05, 0) is 64.7 Å². The summed E-state index contributed by atoms with van der Waals surface area (Å²) in [4.78, 5) is 14.2. The van der Waals surface area contributed by atoms with Gasteiger partial charge in [0.25, 0.3) is 5.91 Å². The summed E-state index contributed by atoms with van der Waals surface area (Å²) in [5, 5.41) is 0. The van der Waals surface area contributed by atoms with Gasteiger partial charge in [-0.25, -0.2) is 5.84 Å². The van der Waals surface area contributed by atoms with E-state index < -0.39 is 0 Å². The first-order chi connectivity index (χ1) is 15.0. The zero-order chi connectivity index (χ0) is 21.6. The Kier molecular flexibility index (Phi) is 4.41. The Morgan fingerprint density at radius 2 is 1.58 bits per heavy atom. The number of nitrogens with one attached hydrogen (secondary N) is 1. The minimum Gasteiger partial charge on any atom is -0.448 e. The number of nitrogens with zero attached hydrogens (tertiary/aromatic N) is 1. The van der Waals surface area contributed by atoms with Gasteiger partial charge in [-0.1, -0.05) is 44.2 Å². The molecule has 3 N–H and O–H groups in total. The number of nitrogens with two attached hydrogens (primary N) is 1. The molecule has 31 heavy (non-hydrogen) atoms. The van der Waals surface area contributed by atoms with Gasteiger partial charge < -0.3 is 4.42 Å². The van der Waals surface area contributed by atoms with E-state index in [1.165, 1.54) is 11.1 Å². The van der Waals surface area contributed by atoms with Gasteiger partial charge in [-0.2, -0.15) is 0 Å². The van der Waals surface area contributed by atoms with Crippen molar-refractivity contribution in [3.63, 3.8) is 0 Å². The largest absolute Gasteiger partial charge is 0.448 e. The number of anilines is 3. The van der Waals surface area contributed by atoms with Gasteiger partial charge in [0.1, 0.15) is 0 Å². The van der Waals surface area contributed by atoms with Crippen molar-refractivity contribution in [3.05, 3.63) is 102 Å². The molecule has 5 heteroatoms. The highest BCUT2D eigenvalue weighted by atomic mass is 16.3. The molecule has 154 valence electrons. The summed E-state index contributed by atoms with van der Waals surface area (Å²) in [5.74, 6) is 5.80. The molecule has 5 rings (SSSR count). The fourth-order valence-electron chi connectivity index (χ4n) is 4.47. The summed E-state index contributed by atoms with van der Waals surface area (Å²) in [5.41, 5.74) is 9.19. The third kappa shape index (κ3) is 3.02. The Bertz CT molecular complexity index is 1260. The van der Waals surface area contributed by atoms with Crippen LogP contribution in [0.15, 0.2) is 89.5 Å². The Hall–Kier alpha value is -3.83. The SMILES string of the molecule is CC1(C)c2cc(C(=O)NN)ccc2-c2ccc(N(c3ccccc3)c3ccco3)cc21. The number of hydrazine groups is 1. The van der Waals surface area contributed by atoms with E-state index in [2.05, 4.69) is 54.5 Å². The molecule has 0 fully saturated rings. The summed E-state index contributed by atoms with van der Waals surface area (Å²) in [6.45, 7) is 4.37. The van der Waals surface area contributed by atoms with Crippen molar-refractivity contribution in [2.24, 2.45) is 5.84 Å². The minimum atomic E-state index is -0.289. The molecule has 0 aliphatic heterocycles. The monoisotopic (exact) mass is 409 g/mol. The summed E-state index contributed by atoms with van der Waals surface area (Å²) >= 11 is 0. The number of carbonyl (C=O) groups is 1. The lowest BCUT2D eigenvalue weighted by Crippen LogP contribution is -2.30. The molecule has 1 heterocycles. The molecular weight excluding hydrogens is 386 g/mol. The quantitative estimate of drug-likeness (QED) is 0.259. The molecule has 1 aliphatic rings. The van der Waals surface area contributed by atoms with Gasteiger partial charge in [0.2, 0.25) is 5.88 Å². The highest BCUT2D eigenvalue weighted by Crippen LogP contribution is 2.50. The summed E-state index contributed by atoms with van der Waals surface area (Å²) < 4.78 is 5.76. The maximum Gasteiger partial charge on any atom is 0.265 e. The molecule has 3 aromatic carbocycles. The van der Waals surface area contributed by atoms with Crippen LogP contribution in [0.25, 0.3) is 11.1 Å². The molecule has 0 radical (unpaired) electrons. The average molecular weight is 409 g/mol. The van der Waals surface area contributed by atoms with Crippen LogP contribution in [-0.2, 0) is 5.41 Å². The van der Waals surface area contributed by atoms with Crippen LogP contribution >= 0.6 is 0 Å². The second-order valence-electron chi connectivity index (χ2n) is 8.21. The maximum absolute atomic E-state index is 12.1. The number of carbonyl (C=O) groups excluding carboxylic acids is 1. The van der Waals surface area contributed by atoms with Crippen molar-refractivity contribution in [2.45, 2.75) is 19.3 Å². The predicted molar refractivity (Wildman–Crippen MR) is 123 cm³/mol. The van der Waals surface area contributed by atoms with Crippen LogP contribution in [0.5, 0.6) is 0 Å². The van der Waals surface area contributed by atoms with E-state index in [9.17, 15) is 4.79 Å². The molecule has 1 aliphatic carbocycles. The van der Waals surface area contributed by atoms with Gasteiger partial charge in [-0.15, -0.1) is 0 Å². The van der Waals surface area contributed by atoms with Crippen molar-refractivity contribution >= 4 is 23.2 Å². The first-order valence-electron chi connectivity index (χ1n) is 10.2. The normalized spacial score (nSPS) is 13.4. The number of rotatable bonds is 4. The van der Waals surface area contributed by atoms with Crippen molar-refractivity contribution in [2.75, 3.05) is 4.90 Å². The highest BCUT2D eigenvalue weighted by Gasteiger charge is 2.36. The van der Waals surface area contributed by atoms with Crippen LogP contribution in [0.2, 0.25) is 0 Å². The lowest BCUT2D eigenvalue weighted by atomic mass is 9.81. The molecule has 1 amide bonds. The number of hydrogen-bond acceptors (Lipinski definition) is 4. The predicted octanol–water partition coefficient (Wildman–Crippen LogP) is 5.66. The van der Waals surface area contributed by atoms with Gasteiger partial charge in [0, 0.05) is 28.4 Å². The van der Waals surface area contributed by atoms with E-state index in [1.807, 2.05) is 48.5 Å². The zero-order valence-corrected chi connectivity index (χ0v) is 17.4. The van der Waals surface area contributed by atoms with Crippen molar-refractivity contribution < 1.29 is 9.21 Å². The number of fused-ring (bicyclic) bond motifs is 3. The first-order valence-corrected chi connectivity index (χ1v) is 10.2. The van der Waals surface area contributed by atoms with E-state index in [-0.39, 0.29) is 11.3 Å². The van der Waals surface area contributed by atoms with Crippen LogP contribution in [0.4, 0.5) is 17.3 Å². The van der Waals surface area contributed by atoms with E-state index in [1.54, 1.807) is 6.26 Å². The Morgan fingerprint density at radius 1 is 0.871 bits per heavy atom. The Balaban J connectivity index is 1.65. The Labute approximate surface area is 181 Å². The smallest absolute Gasteiger partial charge is 0.265 e. The average Bonchev–Trinajstić information content (AvgIpc) is 3.40. The van der Waals surface area contributed by atoms with Gasteiger partial charge in [0.15, 0.2) is 0 Å². The van der Waals surface area contributed by atoms with Crippen LogP contribution < -0.4 is 16.2 Å². The van der Waals surface area contributed by atoms with Gasteiger partial charge >= 0.3 is 0 Å². The second kappa shape index (κ2) is 7.15. The number of furan rings is 1. The molecule has 0 bridgehead atoms. The number of amides is 1. The van der Waals surface area contributed by atoms with E-state index in [0.29, 0.717) is 5.56 Å².